The van der Waals surface area contributed by atoms with Crippen molar-refractivity contribution in [2.75, 3.05) is 31.6 Å². The number of alkyl halides is 1. The summed E-state index contributed by atoms with van der Waals surface area (Å²) < 4.78 is 37.9. The number of rotatable bonds is 7. The number of hydrogen-bond acceptors (Lipinski definition) is 4. The van der Waals surface area contributed by atoms with Gasteiger partial charge in [-0.25, -0.2) is 8.42 Å². The van der Waals surface area contributed by atoms with Crippen LogP contribution in [-0.2, 0) is 14.8 Å². The summed E-state index contributed by atoms with van der Waals surface area (Å²) in [6.45, 7) is 4.07. The van der Waals surface area contributed by atoms with E-state index in [1.807, 2.05) is 6.92 Å². The van der Waals surface area contributed by atoms with Crippen LogP contribution in [0.1, 0.15) is 19.8 Å². The maximum Gasteiger partial charge on any atom is 0.243 e. The van der Waals surface area contributed by atoms with Gasteiger partial charge in [0.2, 0.25) is 10.0 Å². The van der Waals surface area contributed by atoms with E-state index in [1.165, 1.54) is 4.31 Å². The van der Waals surface area contributed by atoms with Crippen LogP contribution < -0.4 is 4.74 Å². The number of sulfonamides is 1. The molecule has 1 fully saturated rings. The van der Waals surface area contributed by atoms with Crippen molar-refractivity contribution in [3.8, 4) is 5.75 Å². The number of benzene rings is 1. The number of nitrogens with zero attached hydrogens (tertiary/aromatic N) is 1. The van der Waals surface area contributed by atoms with Crippen LogP contribution >= 0.6 is 15.9 Å². The predicted octanol–water partition coefficient (Wildman–Crippen LogP) is 2.65. The minimum Gasteiger partial charge on any atom is -0.493 e. The summed E-state index contributed by atoms with van der Waals surface area (Å²) in [6.07, 6.45) is 1.74. The summed E-state index contributed by atoms with van der Waals surface area (Å²) in [5.74, 6) is 0.671. The van der Waals surface area contributed by atoms with Crippen LogP contribution in [0.25, 0.3) is 0 Å². The Morgan fingerprint density at radius 1 is 1.32 bits per heavy atom. The topological polar surface area (TPSA) is 55.8 Å². The first kappa shape index (κ1) is 17.7. The Bertz CT molecular complexity index is 559. The van der Waals surface area contributed by atoms with Gasteiger partial charge in [0.1, 0.15) is 5.75 Å². The molecule has 2 rings (SSSR count). The van der Waals surface area contributed by atoms with Gasteiger partial charge < -0.3 is 9.47 Å². The highest BCUT2D eigenvalue weighted by atomic mass is 79.9. The van der Waals surface area contributed by atoms with Gasteiger partial charge in [-0.05, 0) is 44.0 Å². The first-order valence-corrected chi connectivity index (χ1v) is 10.0. The van der Waals surface area contributed by atoms with Crippen LogP contribution in [0, 0.1) is 0 Å². The normalized spacial score (nSPS) is 20.0. The van der Waals surface area contributed by atoms with Crippen LogP contribution in [0.3, 0.4) is 0 Å². The van der Waals surface area contributed by atoms with Crippen LogP contribution in [0.2, 0.25) is 0 Å². The van der Waals surface area contributed by atoms with Crippen molar-refractivity contribution < 1.29 is 17.9 Å². The molecule has 1 saturated heterocycles. The highest BCUT2D eigenvalue weighted by Crippen LogP contribution is 2.23. The van der Waals surface area contributed by atoms with Gasteiger partial charge >= 0.3 is 0 Å². The molecule has 0 saturated carbocycles. The van der Waals surface area contributed by atoms with E-state index < -0.39 is 10.0 Å². The minimum atomic E-state index is -3.46. The van der Waals surface area contributed by atoms with E-state index in [1.54, 1.807) is 24.3 Å². The van der Waals surface area contributed by atoms with E-state index in [9.17, 15) is 8.42 Å². The first-order valence-electron chi connectivity index (χ1n) is 7.48. The maximum atomic E-state index is 12.7. The Morgan fingerprint density at radius 3 is 2.68 bits per heavy atom. The van der Waals surface area contributed by atoms with Gasteiger partial charge in [-0.15, -0.1) is 0 Å². The second kappa shape index (κ2) is 8.29. The molecule has 0 N–H and O–H groups in total. The molecular weight excluding hydrogens is 370 g/mol. The van der Waals surface area contributed by atoms with E-state index >= 15 is 0 Å². The number of halogens is 1. The van der Waals surface area contributed by atoms with Crippen LogP contribution in [0.5, 0.6) is 5.75 Å². The summed E-state index contributed by atoms with van der Waals surface area (Å²) in [6, 6.07) is 6.59. The van der Waals surface area contributed by atoms with E-state index in [0.29, 0.717) is 36.9 Å². The summed E-state index contributed by atoms with van der Waals surface area (Å²) in [7, 11) is -3.46. The third-order valence-corrected chi connectivity index (χ3v) is 5.75. The zero-order valence-corrected chi connectivity index (χ0v) is 15.1. The molecule has 0 amide bonds. The number of ether oxygens (including phenoxy) is 2. The lowest BCUT2D eigenvalue weighted by molar-refractivity contribution is 0.0265. The SMILES string of the molecule is CCO[C@H]1CCCN(S(=O)(=O)c2ccc(OCCBr)cc2)C1. The Labute approximate surface area is 140 Å². The van der Waals surface area contributed by atoms with E-state index in [-0.39, 0.29) is 6.10 Å². The van der Waals surface area contributed by atoms with Gasteiger partial charge in [-0.3, -0.25) is 0 Å². The molecule has 0 aromatic heterocycles. The van der Waals surface area contributed by atoms with E-state index in [4.69, 9.17) is 9.47 Å². The van der Waals surface area contributed by atoms with E-state index in [0.717, 1.165) is 18.2 Å². The second-order valence-corrected chi connectivity index (χ2v) is 7.82. The molecule has 0 radical (unpaired) electrons. The Hall–Kier alpha value is -0.630. The fourth-order valence-corrected chi connectivity index (χ4v) is 4.18. The lowest BCUT2D eigenvalue weighted by atomic mass is 10.1. The zero-order chi connectivity index (χ0) is 16.0. The third-order valence-electron chi connectivity index (χ3n) is 3.55. The van der Waals surface area contributed by atoms with Crippen LogP contribution in [0.15, 0.2) is 29.2 Å². The Kier molecular flexibility index (Phi) is 6.67. The zero-order valence-electron chi connectivity index (χ0n) is 12.7. The first-order chi connectivity index (χ1) is 10.6. The molecule has 0 aliphatic carbocycles. The Morgan fingerprint density at radius 2 is 2.05 bits per heavy atom. The van der Waals surface area contributed by atoms with Crippen molar-refractivity contribution in [2.24, 2.45) is 0 Å². The van der Waals surface area contributed by atoms with Crippen molar-refractivity contribution >= 4 is 26.0 Å². The largest absolute Gasteiger partial charge is 0.493 e. The third kappa shape index (κ3) is 4.44. The Balaban J connectivity index is 2.08. The molecule has 5 nitrogen and oxygen atoms in total. The summed E-state index contributed by atoms with van der Waals surface area (Å²) >= 11 is 3.28. The number of hydrogen-bond donors (Lipinski definition) is 0. The van der Waals surface area contributed by atoms with Crippen molar-refractivity contribution in [1.29, 1.82) is 0 Å². The van der Waals surface area contributed by atoms with Crippen molar-refractivity contribution in [3.63, 3.8) is 0 Å². The maximum absolute atomic E-state index is 12.7. The molecule has 0 spiro atoms. The molecule has 1 aromatic carbocycles. The molecule has 0 bridgehead atoms. The second-order valence-electron chi connectivity index (χ2n) is 5.09. The summed E-state index contributed by atoms with van der Waals surface area (Å²) in [5, 5.41) is 0.736. The van der Waals surface area contributed by atoms with Crippen LogP contribution in [-0.4, -0.2) is 50.5 Å². The minimum absolute atomic E-state index is 0.00457. The van der Waals surface area contributed by atoms with Gasteiger partial charge in [0, 0.05) is 25.0 Å². The van der Waals surface area contributed by atoms with Gasteiger partial charge in [-0.1, -0.05) is 15.9 Å². The molecule has 1 aliphatic heterocycles. The van der Waals surface area contributed by atoms with Gasteiger partial charge in [0.05, 0.1) is 17.6 Å². The monoisotopic (exact) mass is 391 g/mol. The highest BCUT2D eigenvalue weighted by Gasteiger charge is 2.30. The summed E-state index contributed by atoms with van der Waals surface area (Å²) in [4.78, 5) is 0.302. The van der Waals surface area contributed by atoms with Gasteiger partial charge in [-0.2, -0.15) is 4.31 Å². The molecule has 7 heteroatoms. The molecule has 1 aliphatic rings. The lowest BCUT2D eigenvalue weighted by Crippen LogP contribution is -2.43. The molecule has 1 atom stereocenters. The molecular formula is C15H22BrNO4S. The molecule has 124 valence electrons. The number of piperidine rings is 1. The van der Waals surface area contributed by atoms with Crippen molar-refractivity contribution in [3.05, 3.63) is 24.3 Å². The van der Waals surface area contributed by atoms with Crippen molar-refractivity contribution in [2.45, 2.75) is 30.8 Å². The average Bonchev–Trinajstić information content (AvgIpc) is 2.54. The van der Waals surface area contributed by atoms with Crippen molar-refractivity contribution in [1.82, 2.24) is 4.31 Å². The molecule has 1 aromatic rings. The standard InChI is InChI=1S/C15H22BrNO4S/c1-2-20-14-4-3-10-17(12-14)22(18,19)15-7-5-13(6-8-15)21-11-9-16/h5-8,14H,2-4,9-12H2,1H3/t14-/m0/s1. The lowest BCUT2D eigenvalue weighted by Gasteiger charge is -2.31. The fourth-order valence-electron chi connectivity index (χ4n) is 2.51. The van der Waals surface area contributed by atoms with E-state index in [2.05, 4.69) is 15.9 Å². The van der Waals surface area contributed by atoms with Gasteiger partial charge in [0.15, 0.2) is 0 Å². The summed E-state index contributed by atoms with van der Waals surface area (Å²) in [5.41, 5.74) is 0. The fraction of sp³-hybridized carbons (Fsp3) is 0.600. The molecule has 1 heterocycles. The molecule has 22 heavy (non-hydrogen) atoms. The molecule has 0 unspecified atom stereocenters. The highest BCUT2D eigenvalue weighted by molar-refractivity contribution is 9.09. The van der Waals surface area contributed by atoms with Gasteiger partial charge in [0.25, 0.3) is 0 Å². The van der Waals surface area contributed by atoms with Crippen LogP contribution in [0.4, 0.5) is 0 Å². The predicted molar refractivity (Wildman–Crippen MR) is 89.1 cm³/mol. The average molecular weight is 392 g/mol. The smallest absolute Gasteiger partial charge is 0.243 e. The quantitative estimate of drug-likeness (QED) is 0.670.